The lowest BCUT2D eigenvalue weighted by atomic mass is 9.91. The van der Waals surface area contributed by atoms with Crippen molar-refractivity contribution in [3.05, 3.63) is 59.7 Å². The minimum atomic E-state index is -0.620. The van der Waals surface area contributed by atoms with E-state index in [0.717, 1.165) is 25.7 Å². The average molecular weight is 449 g/mol. The first-order valence-electron chi connectivity index (χ1n) is 11.7. The first kappa shape index (κ1) is 23.0. The molecule has 4 N–H and O–H groups in total. The van der Waals surface area contributed by atoms with Crippen molar-refractivity contribution in [2.45, 2.75) is 64.1 Å². The molecule has 3 atom stereocenters. The first-order valence-corrected chi connectivity index (χ1v) is 11.7. The molecule has 0 radical (unpaired) electrons. The summed E-state index contributed by atoms with van der Waals surface area (Å²) in [7, 11) is 0. The summed E-state index contributed by atoms with van der Waals surface area (Å²) in [5.74, 6) is -0.479. The Labute approximate surface area is 194 Å². The van der Waals surface area contributed by atoms with Crippen molar-refractivity contribution in [2.24, 2.45) is 11.7 Å². The molecule has 0 saturated heterocycles. The zero-order valence-electron chi connectivity index (χ0n) is 19.2. The lowest BCUT2D eigenvalue weighted by Crippen LogP contribution is -2.52. The van der Waals surface area contributed by atoms with Crippen LogP contribution in [0.15, 0.2) is 48.5 Å². The highest BCUT2D eigenvalue weighted by atomic mass is 16.2. The fourth-order valence-electron chi connectivity index (χ4n) is 4.71. The molecule has 1 fully saturated rings. The van der Waals surface area contributed by atoms with E-state index in [1.165, 1.54) is 0 Å². The number of carbonyl (C=O) groups excluding carboxylic acids is 3. The predicted molar refractivity (Wildman–Crippen MR) is 129 cm³/mol. The Kier molecular flexibility index (Phi) is 6.79. The predicted octanol–water partition coefficient (Wildman–Crippen LogP) is 3.70. The normalized spacial score (nSPS) is 22.5. The second-order valence-corrected chi connectivity index (χ2v) is 9.44. The molecule has 0 spiro atoms. The summed E-state index contributed by atoms with van der Waals surface area (Å²) in [6, 6.07) is 13.3. The Morgan fingerprint density at radius 3 is 2.52 bits per heavy atom. The van der Waals surface area contributed by atoms with Gasteiger partial charge in [0.2, 0.25) is 5.91 Å². The molecule has 33 heavy (non-hydrogen) atoms. The molecule has 7 heteroatoms. The third-order valence-electron chi connectivity index (χ3n) is 6.46. The van der Waals surface area contributed by atoms with Gasteiger partial charge in [-0.05, 0) is 55.5 Å². The maximum absolute atomic E-state index is 13.5. The summed E-state index contributed by atoms with van der Waals surface area (Å²) in [5, 5.41) is 5.96. The molecular formula is C26H32N4O3. The van der Waals surface area contributed by atoms with Crippen LogP contribution in [0.2, 0.25) is 0 Å². The van der Waals surface area contributed by atoms with Crippen LogP contribution < -0.4 is 21.3 Å². The van der Waals surface area contributed by atoms with Crippen molar-refractivity contribution >= 4 is 29.1 Å². The maximum atomic E-state index is 13.5. The number of nitrogens with two attached hydrogens (primary N) is 1. The van der Waals surface area contributed by atoms with Gasteiger partial charge in [-0.15, -0.1) is 0 Å². The highest BCUT2D eigenvalue weighted by molar-refractivity contribution is 6.17. The number of amides is 3. The van der Waals surface area contributed by atoms with Crippen molar-refractivity contribution in [3.63, 3.8) is 0 Å². The van der Waals surface area contributed by atoms with E-state index in [4.69, 9.17) is 5.73 Å². The molecule has 7 nitrogen and oxygen atoms in total. The monoisotopic (exact) mass is 448 g/mol. The topological polar surface area (TPSA) is 105 Å². The second-order valence-electron chi connectivity index (χ2n) is 9.44. The number of benzene rings is 2. The smallest absolute Gasteiger partial charge is 0.259 e. The van der Waals surface area contributed by atoms with Gasteiger partial charge in [-0.25, -0.2) is 0 Å². The van der Waals surface area contributed by atoms with E-state index in [1.807, 2.05) is 19.9 Å². The molecule has 4 rings (SSSR count). The molecular weight excluding hydrogens is 416 g/mol. The Morgan fingerprint density at radius 1 is 1.09 bits per heavy atom. The van der Waals surface area contributed by atoms with Gasteiger partial charge in [-0.2, -0.15) is 0 Å². The van der Waals surface area contributed by atoms with Crippen LogP contribution in [0.5, 0.6) is 0 Å². The standard InChI is InChI=1S/C26H32N4O3/c1-16(2)14-23-25(32)29-21-15-18(24(31)28-20-11-7-6-10-19(20)27)12-13-22(21)30(23)26(33)17-8-4-3-5-9-17/h3-5,8-9,12-13,15-16,19-20,23H,6-7,10-11,14,27H2,1-2H3,(H,28,31)(H,29,32). The quantitative estimate of drug-likeness (QED) is 0.649. The van der Waals surface area contributed by atoms with Crippen molar-refractivity contribution in [1.29, 1.82) is 0 Å². The largest absolute Gasteiger partial charge is 0.348 e. The number of anilines is 2. The number of nitrogens with one attached hydrogen (secondary N) is 2. The van der Waals surface area contributed by atoms with E-state index >= 15 is 0 Å². The van der Waals surface area contributed by atoms with Crippen LogP contribution in [-0.2, 0) is 4.79 Å². The molecule has 2 aromatic rings. The Hall–Kier alpha value is -3.19. The molecule has 2 aliphatic rings. The minimum Gasteiger partial charge on any atom is -0.348 e. The Balaban J connectivity index is 1.65. The van der Waals surface area contributed by atoms with Gasteiger partial charge in [-0.3, -0.25) is 19.3 Å². The number of carbonyl (C=O) groups is 3. The molecule has 3 unspecified atom stereocenters. The number of hydrogen-bond donors (Lipinski definition) is 3. The molecule has 1 saturated carbocycles. The van der Waals surface area contributed by atoms with Gasteiger partial charge >= 0.3 is 0 Å². The average Bonchev–Trinajstić information content (AvgIpc) is 2.80. The zero-order chi connectivity index (χ0) is 23.5. The number of fused-ring (bicyclic) bond motifs is 1. The Bertz CT molecular complexity index is 1040. The first-order chi connectivity index (χ1) is 15.8. The summed E-state index contributed by atoms with van der Waals surface area (Å²) in [5.41, 5.74) is 8.19. The zero-order valence-corrected chi connectivity index (χ0v) is 19.2. The summed E-state index contributed by atoms with van der Waals surface area (Å²) in [4.78, 5) is 41.0. The van der Waals surface area contributed by atoms with E-state index in [9.17, 15) is 14.4 Å². The van der Waals surface area contributed by atoms with Crippen LogP contribution in [-0.4, -0.2) is 35.8 Å². The van der Waals surface area contributed by atoms with Crippen LogP contribution >= 0.6 is 0 Å². The van der Waals surface area contributed by atoms with Crippen LogP contribution in [0.25, 0.3) is 0 Å². The van der Waals surface area contributed by atoms with E-state index in [0.29, 0.717) is 28.9 Å². The third-order valence-corrected chi connectivity index (χ3v) is 6.46. The van der Waals surface area contributed by atoms with E-state index in [1.54, 1.807) is 47.4 Å². The SMILES string of the molecule is CC(C)CC1C(=O)Nc2cc(C(=O)NC3CCCCC3N)ccc2N1C(=O)c1ccccc1. The molecule has 1 heterocycles. The summed E-state index contributed by atoms with van der Waals surface area (Å²) >= 11 is 0. The van der Waals surface area contributed by atoms with Gasteiger partial charge in [0, 0.05) is 23.2 Å². The van der Waals surface area contributed by atoms with Crippen LogP contribution in [0.3, 0.4) is 0 Å². The number of hydrogen-bond acceptors (Lipinski definition) is 4. The summed E-state index contributed by atoms with van der Waals surface area (Å²) in [6.45, 7) is 4.05. The van der Waals surface area contributed by atoms with Crippen LogP contribution in [0.4, 0.5) is 11.4 Å². The molecule has 174 valence electrons. The van der Waals surface area contributed by atoms with Gasteiger partial charge in [-0.1, -0.05) is 44.9 Å². The van der Waals surface area contributed by atoms with E-state index in [2.05, 4.69) is 10.6 Å². The molecule has 0 aromatic heterocycles. The fraction of sp³-hybridized carbons (Fsp3) is 0.423. The highest BCUT2D eigenvalue weighted by Crippen LogP contribution is 2.36. The van der Waals surface area contributed by atoms with Crippen molar-refractivity contribution in [2.75, 3.05) is 10.2 Å². The van der Waals surface area contributed by atoms with Gasteiger partial charge in [0.15, 0.2) is 0 Å². The third kappa shape index (κ3) is 4.93. The van der Waals surface area contributed by atoms with Crippen molar-refractivity contribution in [1.82, 2.24) is 5.32 Å². The van der Waals surface area contributed by atoms with Crippen LogP contribution in [0, 0.1) is 5.92 Å². The summed E-state index contributed by atoms with van der Waals surface area (Å²) < 4.78 is 0. The maximum Gasteiger partial charge on any atom is 0.259 e. The summed E-state index contributed by atoms with van der Waals surface area (Å²) in [6.07, 6.45) is 4.43. The van der Waals surface area contributed by atoms with Gasteiger partial charge < -0.3 is 16.4 Å². The van der Waals surface area contributed by atoms with Gasteiger partial charge in [0.1, 0.15) is 6.04 Å². The van der Waals surface area contributed by atoms with E-state index < -0.39 is 6.04 Å². The Morgan fingerprint density at radius 2 is 1.82 bits per heavy atom. The molecule has 2 aromatic carbocycles. The fourth-order valence-corrected chi connectivity index (χ4v) is 4.71. The molecule has 1 aliphatic heterocycles. The highest BCUT2D eigenvalue weighted by Gasteiger charge is 2.38. The molecule has 1 aliphatic carbocycles. The van der Waals surface area contributed by atoms with E-state index in [-0.39, 0.29) is 35.7 Å². The second kappa shape index (κ2) is 9.75. The van der Waals surface area contributed by atoms with Gasteiger partial charge in [0.05, 0.1) is 11.4 Å². The van der Waals surface area contributed by atoms with Gasteiger partial charge in [0.25, 0.3) is 11.8 Å². The van der Waals surface area contributed by atoms with Crippen LogP contribution in [0.1, 0.15) is 66.7 Å². The number of nitrogens with zero attached hydrogens (tertiary/aromatic N) is 1. The van der Waals surface area contributed by atoms with Crippen molar-refractivity contribution < 1.29 is 14.4 Å². The minimum absolute atomic E-state index is 0.0455. The van der Waals surface area contributed by atoms with Crippen molar-refractivity contribution in [3.8, 4) is 0 Å². The molecule has 3 amide bonds. The lowest BCUT2D eigenvalue weighted by molar-refractivity contribution is -0.117. The lowest BCUT2D eigenvalue weighted by Gasteiger charge is -2.37. The molecule has 0 bridgehead atoms. The number of rotatable bonds is 5.